The maximum absolute atomic E-state index is 12.5. The zero-order chi connectivity index (χ0) is 16.2. The third-order valence-electron chi connectivity index (χ3n) is 3.33. The Bertz CT molecular complexity index is 709. The van der Waals surface area contributed by atoms with Gasteiger partial charge in [-0.15, -0.1) is 0 Å². The van der Waals surface area contributed by atoms with E-state index >= 15 is 0 Å². The summed E-state index contributed by atoms with van der Waals surface area (Å²) in [5, 5.41) is 0. The number of benzene rings is 2. The number of hydrogen-bond donors (Lipinski definition) is 0. The minimum absolute atomic E-state index is 0.240. The number of nitrogens with zero attached hydrogens (tertiary/aromatic N) is 1. The van der Waals surface area contributed by atoms with Gasteiger partial charge in [-0.05, 0) is 42.0 Å². The van der Waals surface area contributed by atoms with Gasteiger partial charge in [-0.25, -0.2) is 8.42 Å². The molecule has 0 saturated carbocycles. The van der Waals surface area contributed by atoms with E-state index in [1.165, 1.54) is 4.31 Å². The largest absolute Gasteiger partial charge is 0.497 e. The minimum atomic E-state index is -3.53. The summed E-state index contributed by atoms with van der Waals surface area (Å²) in [4.78, 5) is 0.240. The first-order valence-corrected chi connectivity index (χ1v) is 8.14. The predicted molar refractivity (Wildman–Crippen MR) is 84.6 cm³/mol. The van der Waals surface area contributed by atoms with E-state index < -0.39 is 10.0 Å². The van der Waals surface area contributed by atoms with E-state index in [9.17, 15) is 8.42 Å². The van der Waals surface area contributed by atoms with Crippen LogP contribution in [0, 0.1) is 0 Å². The van der Waals surface area contributed by atoms with Crippen molar-refractivity contribution < 1.29 is 17.9 Å². The molecule has 0 aliphatic rings. The summed E-state index contributed by atoms with van der Waals surface area (Å²) in [6, 6.07) is 13.7. The highest BCUT2D eigenvalue weighted by Gasteiger charge is 2.20. The SMILES string of the molecule is COc1ccc(CN(C)S(=O)(=O)c2ccc(OC)cc2)cc1. The molecular weight excluding hydrogens is 302 g/mol. The molecule has 0 aromatic heterocycles. The van der Waals surface area contributed by atoms with Gasteiger partial charge >= 0.3 is 0 Å². The Balaban J connectivity index is 2.16. The number of ether oxygens (including phenoxy) is 2. The molecule has 2 aromatic carbocycles. The molecule has 0 atom stereocenters. The van der Waals surface area contributed by atoms with Crippen molar-refractivity contribution in [3.8, 4) is 11.5 Å². The molecule has 0 radical (unpaired) electrons. The summed E-state index contributed by atoms with van der Waals surface area (Å²) >= 11 is 0. The van der Waals surface area contributed by atoms with Gasteiger partial charge < -0.3 is 9.47 Å². The lowest BCUT2D eigenvalue weighted by Crippen LogP contribution is -2.26. The van der Waals surface area contributed by atoms with Gasteiger partial charge in [0.1, 0.15) is 11.5 Å². The van der Waals surface area contributed by atoms with Gasteiger partial charge in [0, 0.05) is 13.6 Å². The Morgan fingerprint density at radius 2 is 1.32 bits per heavy atom. The van der Waals surface area contributed by atoms with Crippen molar-refractivity contribution in [1.82, 2.24) is 4.31 Å². The number of rotatable bonds is 6. The van der Waals surface area contributed by atoms with Crippen molar-refractivity contribution >= 4 is 10.0 Å². The van der Waals surface area contributed by atoms with E-state index in [-0.39, 0.29) is 4.90 Å². The highest BCUT2D eigenvalue weighted by Crippen LogP contribution is 2.20. The van der Waals surface area contributed by atoms with E-state index in [0.29, 0.717) is 12.3 Å². The monoisotopic (exact) mass is 321 g/mol. The third kappa shape index (κ3) is 3.58. The summed E-state index contributed by atoms with van der Waals surface area (Å²) < 4.78 is 36.5. The second-order valence-corrected chi connectivity index (χ2v) is 6.83. The van der Waals surface area contributed by atoms with Crippen LogP contribution in [-0.4, -0.2) is 34.0 Å². The fourth-order valence-electron chi connectivity index (χ4n) is 2.00. The van der Waals surface area contributed by atoms with E-state index in [0.717, 1.165) is 11.3 Å². The Morgan fingerprint density at radius 1 is 0.864 bits per heavy atom. The second kappa shape index (κ2) is 6.81. The average molecular weight is 321 g/mol. The van der Waals surface area contributed by atoms with Gasteiger partial charge in [0.05, 0.1) is 19.1 Å². The molecule has 5 nitrogen and oxygen atoms in total. The van der Waals surface area contributed by atoms with Gasteiger partial charge in [0.2, 0.25) is 10.0 Å². The average Bonchev–Trinajstić information content (AvgIpc) is 2.55. The number of sulfonamides is 1. The topological polar surface area (TPSA) is 55.8 Å². The van der Waals surface area contributed by atoms with Crippen LogP contribution in [-0.2, 0) is 16.6 Å². The molecule has 0 heterocycles. The Hall–Kier alpha value is -2.05. The van der Waals surface area contributed by atoms with Crippen molar-refractivity contribution in [1.29, 1.82) is 0 Å². The Morgan fingerprint density at radius 3 is 1.77 bits per heavy atom. The van der Waals surface area contributed by atoms with Gasteiger partial charge in [0.15, 0.2) is 0 Å². The van der Waals surface area contributed by atoms with E-state index in [2.05, 4.69) is 0 Å². The first kappa shape index (κ1) is 16.3. The minimum Gasteiger partial charge on any atom is -0.497 e. The van der Waals surface area contributed by atoms with Crippen LogP contribution in [0.4, 0.5) is 0 Å². The van der Waals surface area contributed by atoms with Crippen LogP contribution in [0.15, 0.2) is 53.4 Å². The number of hydrogen-bond acceptors (Lipinski definition) is 4. The lowest BCUT2D eigenvalue weighted by molar-refractivity contribution is 0.414. The summed E-state index contributed by atoms with van der Waals surface area (Å²) in [5.41, 5.74) is 0.889. The van der Waals surface area contributed by atoms with Crippen LogP contribution in [0.1, 0.15) is 5.56 Å². The summed E-state index contributed by atoms with van der Waals surface area (Å²) in [6.07, 6.45) is 0. The predicted octanol–water partition coefficient (Wildman–Crippen LogP) is 2.52. The van der Waals surface area contributed by atoms with Gasteiger partial charge in [-0.3, -0.25) is 0 Å². The van der Waals surface area contributed by atoms with Crippen LogP contribution in [0.5, 0.6) is 11.5 Å². The molecule has 2 rings (SSSR count). The molecule has 0 amide bonds. The highest BCUT2D eigenvalue weighted by molar-refractivity contribution is 7.89. The molecule has 0 N–H and O–H groups in total. The summed E-state index contributed by atoms with van der Waals surface area (Å²) in [5.74, 6) is 1.36. The first-order chi connectivity index (χ1) is 10.5. The van der Waals surface area contributed by atoms with Crippen molar-refractivity contribution in [2.45, 2.75) is 11.4 Å². The van der Waals surface area contributed by atoms with E-state index in [1.807, 2.05) is 24.3 Å². The lowest BCUT2D eigenvalue weighted by Gasteiger charge is -2.17. The van der Waals surface area contributed by atoms with Crippen LogP contribution in [0.2, 0.25) is 0 Å². The zero-order valence-corrected chi connectivity index (χ0v) is 13.6. The molecule has 0 saturated heterocycles. The molecule has 22 heavy (non-hydrogen) atoms. The summed E-state index contributed by atoms with van der Waals surface area (Å²) in [6.45, 7) is 0.290. The normalized spacial score (nSPS) is 11.5. The molecular formula is C16H19NO4S. The standard InChI is InChI=1S/C16H19NO4S/c1-17(12-13-4-6-14(20-2)7-5-13)22(18,19)16-10-8-15(21-3)9-11-16/h4-11H,12H2,1-3H3. The second-order valence-electron chi connectivity index (χ2n) is 4.78. The Kier molecular flexibility index (Phi) is 5.05. The van der Waals surface area contributed by atoms with Crippen LogP contribution >= 0.6 is 0 Å². The van der Waals surface area contributed by atoms with Crippen LogP contribution < -0.4 is 9.47 Å². The summed E-state index contributed by atoms with van der Waals surface area (Å²) in [7, 11) is 1.16. The number of methoxy groups -OCH3 is 2. The molecule has 0 aliphatic carbocycles. The molecule has 0 unspecified atom stereocenters. The van der Waals surface area contributed by atoms with Crippen molar-refractivity contribution in [3.05, 3.63) is 54.1 Å². The molecule has 0 fully saturated rings. The molecule has 6 heteroatoms. The van der Waals surface area contributed by atoms with Crippen molar-refractivity contribution in [2.75, 3.05) is 21.3 Å². The molecule has 0 aliphatic heterocycles. The zero-order valence-electron chi connectivity index (χ0n) is 12.8. The highest BCUT2D eigenvalue weighted by atomic mass is 32.2. The third-order valence-corrected chi connectivity index (χ3v) is 5.15. The van der Waals surface area contributed by atoms with Crippen LogP contribution in [0.25, 0.3) is 0 Å². The Labute approximate surface area is 131 Å². The van der Waals surface area contributed by atoms with Gasteiger partial charge in [-0.1, -0.05) is 12.1 Å². The molecule has 0 bridgehead atoms. The maximum Gasteiger partial charge on any atom is 0.243 e. The molecule has 118 valence electrons. The van der Waals surface area contributed by atoms with Crippen LogP contribution in [0.3, 0.4) is 0 Å². The fourth-order valence-corrected chi connectivity index (χ4v) is 3.16. The maximum atomic E-state index is 12.5. The van der Waals surface area contributed by atoms with E-state index in [1.54, 1.807) is 45.5 Å². The van der Waals surface area contributed by atoms with Crippen molar-refractivity contribution in [3.63, 3.8) is 0 Å². The van der Waals surface area contributed by atoms with Gasteiger partial charge in [-0.2, -0.15) is 4.31 Å². The molecule has 2 aromatic rings. The quantitative estimate of drug-likeness (QED) is 0.820. The first-order valence-electron chi connectivity index (χ1n) is 6.70. The fraction of sp³-hybridized carbons (Fsp3) is 0.250. The van der Waals surface area contributed by atoms with Crippen molar-refractivity contribution in [2.24, 2.45) is 0 Å². The van der Waals surface area contributed by atoms with Gasteiger partial charge in [0.25, 0.3) is 0 Å². The smallest absolute Gasteiger partial charge is 0.243 e. The molecule has 0 spiro atoms. The lowest BCUT2D eigenvalue weighted by atomic mass is 10.2. The van der Waals surface area contributed by atoms with E-state index in [4.69, 9.17) is 9.47 Å².